The van der Waals surface area contributed by atoms with Crippen LogP contribution in [0, 0.1) is 13.8 Å². The number of nitrogens with zero attached hydrogens (tertiary/aromatic N) is 1. The highest BCUT2D eigenvalue weighted by Crippen LogP contribution is 2.25. The first-order valence-electron chi connectivity index (χ1n) is 5.83. The maximum absolute atomic E-state index is 12.3. The van der Waals surface area contributed by atoms with Crippen molar-refractivity contribution in [2.24, 2.45) is 0 Å². The molecule has 0 aliphatic rings. The molecule has 112 valence electrons. The third-order valence-corrected chi connectivity index (χ3v) is 4.43. The van der Waals surface area contributed by atoms with Crippen LogP contribution in [0.25, 0.3) is 0 Å². The minimum absolute atomic E-state index is 0.0353. The fourth-order valence-corrected chi connectivity index (χ4v) is 3.38. The van der Waals surface area contributed by atoms with Gasteiger partial charge in [-0.25, -0.2) is 13.2 Å². The quantitative estimate of drug-likeness (QED) is 0.628. The van der Waals surface area contributed by atoms with Crippen LogP contribution in [0.2, 0.25) is 0 Å². The first kappa shape index (κ1) is 14.9. The van der Waals surface area contributed by atoms with Gasteiger partial charge in [-0.2, -0.15) is 5.10 Å². The fraction of sp³-hybridized carbons (Fsp3) is 0.167. The molecular weight excluding hydrogens is 298 g/mol. The predicted molar refractivity (Wildman–Crippen MR) is 73.9 cm³/mol. The molecule has 0 aliphatic carbocycles. The van der Waals surface area contributed by atoms with Crippen LogP contribution in [-0.2, 0) is 10.0 Å². The summed E-state index contributed by atoms with van der Waals surface area (Å²) in [4.78, 5) is 11.1. The molecule has 9 heteroatoms. The minimum Gasteiger partial charge on any atom is -0.508 e. The van der Waals surface area contributed by atoms with E-state index in [9.17, 15) is 18.3 Å². The summed E-state index contributed by atoms with van der Waals surface area (Å²) in [5.41, 5.74) is 0.129. The molecule has 0 spiro atoms. The molecule has 0 fully saturated rings. The molecule has 1 aromatic carbocycles. The number of phenols is 1. The van der Waals surface area contributed by atoms with Gasteiger partial charge in [0.05, 0.1) is 22.6 Å². The number of carbonyl (C=O) groups is 1. The largest absolute Gasteiger partial charge is 0.508 e. The molecule has 4 N–H and O–H groups in total. The smallest absolute Gasteiger partial charge is 0.337 e. The summed E-state index contributed by atoms with van der Waals surface area (Å²) >= 11 is 0. The maximum atomic E-state index is 12.3. The SMILES string of the molecule is Cc1n[nH]c(C)c1S(=O)(=O)Nc1ccc(O)cc1C(=O)O. The van der Waals surface area contributed by atoms with Crippen molar-refractivity contribution in [1.29, 1.82) is 0 Å². The third-order valence-electron chi connectivity index (χ3n) is 2.81. The summed E-state index contributed by atoms with van der Waals surface area (Å²) in [5.74, 6) is -1.63. The highest BCUT2D eigenvalue weighted by molar-refractivity contribution is 7.92. The molecule has 0 aliphatic heterocycles. The first-order valence-corrected chi connectivity index (χ1v) is 7.31. The molecule has 2 rings (SSSR count). The molecule has 0 radical (unpaired) electrons. The van der Waals surface area contributed by atoms with Gasteiger partial charge in [-0.15, -0.1) is 0 Å². The molecule has 0 saturated heterocycles. The number of aromatic amines is 1. The number of sulfonamides is 1. The van der Waals surface area contributed by atoms with E-state index < -0.39 is 16.0 Å². The van der Waals surface area contributed by atoms with E-state index in [2.05, 4.69) is 14.9 Å². The summed E-state index contributed by atoms with van der Waals surface area (Å²) in [6, 6.07) is 3.34. The van der Waals surface area contributed by atoms with E-state index in [0.717, 1.165) is 6.07 Å². The second-order valence-electron chi connectivity index (χ2n) is 4.40. The Morgan fingerprint density at radius 2 is 2.00 bits per heavy atom. The molecule has 1 aromatic heterocycles. The number of phenolic OH excluding ortho intramolecular Hbond substituents is 1. The van der Waals surface area contributed by atoms with Gasteiger partial charge in [0, 0.05) is 0 Å². The Morgan fingerprint density at radius 3 is 2.52 bits per heavy atom. The number of benzene rings is 1. The summed E-state index contributed by atoms with van der Waals surface area (Å²) in [6.07, 6.45) is 0. The summed E-state index contributed by atoms with van der Waals surface area (Å²) in [7, 11) is -3.99. The van der Waals surface area contributed by atoms with E-state index in [1.165, 1.54) is 19.1 Å². The van der Waals surface area contributed by atoms with Gasteiger partial charge in [-0.1, -0.05) is 0 Å². The number of aromatic carboxylic acids is 1. The molecule has 0 bridgehead atoms. The zero-order valence-electron chi connectivity index (χ0n) is 11.2. The van der Waals surface area contributed by atoms with Gasteiger partial charge in [0.1, 0.15) is 10.6 Å². The second kappa shape index (κ2) is 5.09. The van der Waals surface area contributed by atoms with Crippen LogP contribution in [0.5, 0.6) is 5.75 Å². The summed E-state index contributed by atoms with van der Waals surface area (Å²) in [6.45, 7) is 3.07. The normalized spacial score (nSPS) is 11.3. The second-order valence-corrected chi connectivity index (χ2v) is 6.02. The molecule has 0 atom stereocenters. The van der Waals surface area contributed by atoms with Gasteiger partial charge in [0.25, 0.3) is 10.0 Å². The van der Waals surface area contributed by atoms with Crippen molar-refractivity contribution in [2.75, 3.05) is 4.72 Å². The Kier molecular flexibility index (Phi) is 3.60. The average molecular weight is 311 g/mol. The average Bonchev–Trinajstić information content (AvgIpc) is 2.71. The molecular formula is C12H13N3O5S. The van der Waals surface area contributed by atoms with Crippen LogP contribution in [-0.4, -0.2) is 34.8 Å². The van der Waals surface area contributed by atoms with E-state index in [1.54, 1.807) is 6.92 Å². The van der Waals surface area contributed by atoms with E-state index in [0.29, 0.717) is 5.69 Å². The van der Waals surface area contributed by atoms with Crippen LogP contribution in [0.3, 0.4) is 0 Å². The molecule has 0 unspecified atom stereocenters. The van der Waals surface area contributed by atoms with Gasteiger partial charge in [-0.05, 0) is 32.0 Å². The number of aromatic nitrogens is 2. The Balaban J connectivity index is 2.50. The van der Waals surface area contributed by atoms with Gasteiger partial charge in [0.15, 0.2) is 0 Å². The van der Waals surface area contributed by atoms with E-state index >= 15 is 0 Å². The molecule has 2 aromatic rings. The number of rotatable bonds is 4. The van der Waals surface area contributed by atoms with Crippen molar-refractivity contribution < 1.29 is 23.4 Å². The summed E-state index contributed by atoms with van der Waals surface area (Å²) in [5, 5.41) is 24.7. The predicted octanol–water partition coefficient (Wildman–Crippen LogP) is 1.23. The van der Waals surface area contributed by atoms with Crippen LogP contribution >= 0.6 is 0 Å². The van der Waals surface area contributed by atoms with E-state index in [1.807, 2.05) is 0 Å². The van der Waals surface area contributed by atoms with Crippen molar-refractivity contribution in [3.63, 3.8) is 0 Å². The van der Waals surface area contributed by atoms with Gasteiger partial charge in [0.2, 0.25) is 0 Å². The number of carboxylic acids is 1. The summed E-state index contributed by atoms with van der Waals surface area (Å²) < 4.78 is 26.9. The Hall–Kier alpha value is -2.55. The standard InChI is InChI=1S/C12H13N3O5S/c1-6-11(7(2)14-13-6)21(19,20)15-10-4-3-8(16)5-9(10)12(17)18/h3-5,15-16H,1-2H3,(H,13,14)(H,17,18). The zero-order valence-corrected chi connectivity index (χ0v) is 12.0. The lowest BCUT2D eigenvalue weighted by Gasteiger charge is -2.11. The zero-order chi connectivity index (χ0) is 15.8. The minimum atomic E-state index is -3.99. The highest BCUT2D eigenvalue weighted by atomic mass is 32.2. The Labute approximate surface area is 120 Å². The maximum Gasteiger partial charge on any atom is 0.337 e. The number of hydrogen-bond acceptors (Lipinski definition) is 5. The van der Waals surface area contributed by atoms with E-state index in [4.69, 9.17) is 5.11 Å². The molecule has 0 amide bonds. The van der Waals surface area contributed by atoms with Crippen molar-refractivity contribution in [1.82, 2.24) is 10.2 Å². The molecule has 21 heavy (non-hydrogen) atoms. The molecule has 8 nitrogen and oxygen atoms in total. The van der Waals surface area contributed by atoms with Crippen LogP contribution < -0.4 is 4.72 Å². The lowest BCUT2D eigenvalue weighted by Crippen LogP contribution is -2.16. The van der Waals surface area contributed by atoms with Gasteiger partial charge < -0.3 is 10.2 Å². The first-order chi connectivity index (χ1) is 9.72. The van der Waals surface area contributed by atoms with Gasteiger partial charge in [-0.3, -0.25) is 9.82 Å². The number of aromatic hydroxyl groups is 1. The third kappa shape index (κ3) is 2.82. The monoisotopic (exact) mass is 311 g/mol. The number of H-pyrrole nitrogens is 1. The van der Waals surface area contributed by atoms with Crippen LogP contribution in [0.4, 0.5) is 5.69 Å². The Morgan fingerprint density at radius 1 is 1.33 bits per heavy atom. The lowest BCUT2D eigenvalue weighted by atomic mass is 10.2. The van der Waals surface area contributed by atoms with Crippen LogP contribution in [0.1, 0.15) is 21.7 Å². The molecule has 1 heterocycles. The van der Waals surface area contributed by atoms with Crippen molar-refractivity contribution >= 4 is 21.7 Å². The highest BCUT2D eigenvalue weighted by Gasteiger charge is 2.24. The van der Waals surface area contributed by atoms with Crippen molar-refractivity contribution in [3.05, 3.63) is 35.2 Å². The van der Waals surface area contributed by atoms with Crippen molar-refractivity contribution in [2.45, 2.75) is 18.7 Å². The van der Waals surface area contributed by atoms with Crippen LogP contribution in [0.15, 0.2) is 23.1 Å². The van der Waals surface area contributed by atoms with E-state index in [-0.39, 0.29) is 27.6 Å². The molecule has 0 saturated carbocycles. The number of carboxylic acid groups (broad SMARTS) is 1. The van der Waals surface area contributed by atoms with Crippen molar-refractivity contribution in [3.8, 4) is 5.75 Å². The number of hydrogen-bond donors (Lipinski definition) is 4. The van der Waals surface area contributed by atoms with Gasteiger partial charge >= 0.3 is 5.97 Å². The lowest BCUT2D eigenvalue weighted by molar-refractivity contribution is 0.0697. The topological polar surface area (TPSA) is 132 Å². The Bertz CT molecular complexity index is 791. The fourth-order valence-electron chi connectivity index (χ4n) is 1.93. The number of nitrogens with one attached hydrogen (secondary N) is 2. The number of anilines is 1. The number of aryl methyl sites for hydroxylation is 2.